The second-order valence-corrected chi connectivity index (χ2v) is 4.91. The summed E-state index contributed by atoms with van der Waals surface area (Å²) in [5.74, 6) is 0. The summed E-state index contributed by atoms with van der Waals surface area (Å²) in [5, 5.41) is 0. The van der Waals surface area contributed by atoms with Crippen LogP contribution < -0.4 is 0 Å². The zero-order valence-electron chi connectivity index (χ0n) is 14.6. The molecule has 0 aliphatic rings. The Hall–Kier alpha value is -0.900. The molecule has 0 rings (SSSR count). The average Bonchev–Trinajstić information content (AvgIpc) is 2.53. The number of rotatable bonds is 15. The van der Waals surface area contributed by atoms with Gasteiger partial charge in [0.2, 0.25) is 0 Å². The maximum absolute atomic E-state index is 5.66. The lowest BCUT2D eigenvalue weighted by atomic mass is 10.3. The third-order valence-corrected chi connectivity index (χ3v) is 2.82. The molecule has 0 aromatic heterocycles. The standard InChI is InChI=1S/C19H34O3/c1-4-7-10-13-16-20-19(21-17-14-11-8-5-2)22-18-15-12-9-6-3/h7-12,19H,4-6,13-18H2,1-3H3/b10-7+,11-8+,12-9+. The summed E-state index contributed by atoms with van der Waals surface area (Å²) in [6.07, 6.45) is 18.7. The van der Waals surface area contributed by atoms with Crippen LogP contribution in [-0.2, 0) is 14.2 Å². The molecule has 0 fully saturated rings. The highest BCUT2D eigenvalue weighted by Crippen LogP contribution is 2.03. The van der Waals surface area contributed by atoms with Gasteiger partial charge in [-0.1, -0.05) is 57.2 Å². The van der Waals surface area contributed by atoms with Crippen LogP contribution >= 0.6 is 0 Å². The lowest BCUT2D eigenvalue weighted by Crippen LogP contribution is -2.22. The van der Waals surface area contributed by atoms with E-state index in [1.54, 1.807) is 0 Å². The van der Waals surface area contributed by atoms with E-state index in [9.17, 15) is 0 Å². The highest BCUT2D eigenvalue weighted by Gasteiger charge is 2.08. The molecule has 0 aliphatic heterocycles. The number of hydrogen-bond acceptors (Lipinski definition) is 3. The van der Waals surface area contributed by atoms with Crippen molar-refractivity contribution in [2.24, 2.45) is 0 Å². The smallest absolute Gasteiger partial charge is 0.271 e. The minimum Gasteiger partial charge on any atom is -0.330 e. The van der Waals surface area contributed by atoms with Crippen molar-refractivity contribution in [1.29, 1.82) is 0 Å². The van der Waals surface area contributed by atoms with Gasteiger partial charge in [0, 0.05) is 0 Å². The molecule has 0 saturated carbocycles. The van der Waals surface area contributed by atoms with Crippen molar-refractivity contribution in [3.8, 4) is 0 Å². The van der Waals surface area contributed by atoms with E-state index >= 15 is 0 Å². The minimum atomic E-state index is -0.555. The molecule has 0 bridgehead atoms. The van der Waals surface area contributed by atoms with Gasteiger partial charge >= 0.3 is 0 Å². The molecule has 22 heavy (non-hydrogen) atoms. The molecular weight excluding hydrogens is 276 g/mol. The molecule has 0 unspecified atom stereocenters. The number of allylic oxidation sites excluding steroid dienone is 3. The first-order valence-electron chi connectivity index (χ1n) is 8.64. The Kier molecular flexibility index (Phi) is 17.4. The van der Waals surface area contributed by atoms with Crippen molar-refractivity contribution >= 4 is 0 Å². The number of hydrogen-bond donors (Lipinski definition) is 0. The van der Waals surface area contributed by atoms with Gasteiger partial charge in [0.25, 0.3) is 6.48 Å². The van der Waals surface area contributed by atoms with Crippen LogP contribution in [0.1, 0.15) is 59.3 Å². The normalized spacial score (nSPS) is 12.5. The summed E-state index contributed by atoms with van der Waals surface area (Å²) in [7, 11) is 0. The third kappa shape index (κ3) is 15.5. The van der Waals surface area contributed by atoms with Gasteiger partial charge in [-0.05, 0) is 38.5 Å². The van der Waals surface area contributed by atoms with Crippen LogP contribution in [0.2, 0.25) is 0 Å². The van der Waals surface area contributed by atoms with Gasteiger partial charge in [0.1, 0.15) is 0 Å². The molecule has 0 aliphatic carbocycles. The van der Waals surface area contributed by atoms with E-state index in [-0.39, 0.29) is 0 Å². The summed E-state index contributed by atoms with van der Waals surface area (Å²) in [6.45, 7) is 7.68. The number of ether oxygens (including phenoxy) is 3. The molecule has 128 valence electrons. The van der Waals surface area contributed by atoms with E-state index in [0.29, 0.717) is 19.8 Å². The SMILES string of the molecule is CC/C=C/CCOC(OCC/C=C/CC)OCC/C=C/CC. The molecular formula is C19H34O3. The fourth-order valence-electron chi connectivity index (χ4n) is 1.69. The van der Waals surface area contributed by atoms with Crippen molar-refractivity contribution in [3.63, 3.8) is 0 Å². The zero-order valence-corrected chi connectivity index (χ0v) is 14.6. The van der Waals surface area contributed by atoms with E-state index in [4.69, 9.17) is 14.2 Å². The Morgan fingerprint density at radius 3 is 1.14 bits per heavy atom. The van der Waals surface area contributed by atoms with E-state index in [1.807, 2.05) is 0 Å². The van der Waals surface area contributed by atoms with Crippen molar-refractivity contribution < 1.29 is 14.2 Å². The van der Waals surface area contributed by atoms with Gasteiger partial charge in [-0.2, -0.15) is 0 Å². The largest absolute Gasteiger partial charge is 0.330 e. The van der Waals surface area contributed by atoms with Crippen molar-refractivity contribution in [2.75, 3.05) is 19.8 Å². The van der Waals surface area contributed by atoms with Crippen molar-refractivity contribution in [3.05, 3.63) is 36.5 Å². The predicted octanol–water partition coefficient (Wildman–Crippen LogP) is 5.39. The Morgan fingerprint density at radius 2 is 0.864 bits per heavy atom. The molecule has 0 atom stereocenters. The van der Waals surface area contributed by atoms with Gasteiger partial charge < -0.3 is 14.2 Å². The summed E-state index contributed by atoms with van der Waals surface area (Å²) < 4.78 is 17.0. The second-order valence-electron chi connectivity index (χ2n) is 4.91. The molecule has 0 aromatic rings. The quantitative estimate of drug-likeness (QED) is 0.231. The maximum atomic E-state index is 5.66. The monoisotopic (exact) mass is 310 g/mol. The van der Waals surface area contributed by atoms with E-state index in [1.165, 1.54) is 0 Å². The fourth-order valence-corrected chi connectivity index (χ4v) is 1.69. The van der Waals surface area contributed by atoms with Crippen LogP contribution in [0.3, 0.4) is 0 Å². The summed E-state index contributed by atoms with van der Waals surface area (Å²) in [6, 6.07) is 0. The molecule has 0 aromatic carbocycles. The maximum Gasteiger partial charge on any atom is 0.271 e. The molecule has 3 nitrogen and oxygen atoms in total. The molecule has 0 saturated heterocycles. The topological polar surface area (TPSA) is 27.7 Å². The van der Waals surface area contributed by atoms with Gasteiger partial charge in [0.05, 0.1) is 19.8 Å². The van der Waals surface area contributed by atoms with E-state index in [0.717, 1.165) is 38.5 Å². The summed E-state index contributed by atoms with van der Waals surface area (Å²) in [5.41, 5.74) is 0. The van der Waals surface area contributed by atoms with Gasteiger partial charge in [-0.3, -0.25) is 0 Å². The summed E-state index contributed by atoms with van der Waals surface area (Å²) in [4.78, 5) is 0. The lowest BCUT2D eigenvalue weighted by Gasteiger charge is -2.18. The molecule has 0 N–H and O–H groups in total. The van der Waals surface area contributed by atoms with E-state index < -0.39 is 6.48 Å². The Labute approximate surface area is 137 Å². The lowest BCUT2D eigenvalue weighted by molar-refractivity contribution is -0.286. The first-order chi connectivity index (χ1) is 10.8. The minimum absolute atomic E-state index is 0.555. The van der Waals surface area contributed by atoms with Crippen molar-refractivity contribution in [2.45, 2.75) is 65.8 Å². The molecule has 0 radical (unpaired) electrons. The van der Waals surface area contributed by atoms with Crippen LogP contribution in [0.5, 0.6) is 0 Å². The van der Waals surface area contributed by atoms with Gasteiger partial charge in [-0.25, -0.2) is 0 Å². The summed E-state index contributed by atoms with van der Waals surface area (Å²) >= 11 is 0. The van der Waals surface area contributed by atoms with Crippen LogP contribution in [0, 0.1) is 0 Å². The molecule has 3 heteroatoms. The molecule has 0 spiro atoms. The first kappa shape index (κ1) is 21.1. The highest BCUT2D eigenvalue weighted by atomic mass is 16.8. The van der Waals surface area contributed by atoms with Crippen LogP contribution in [0.15, 0.2) is 36.5 Å². The third-order valence-electron chi connectivity index (χ3n) is 2.82. The molecule has 0 heterocycles. The van der Waals surface area contributed by atoms with Gasteiger partial charge in [-0.15, -0.1) is 0 Å². The van der Waals surface area contributed by atoms with Crippen molar-refractivity contribution in [1.82, 2.24) is 0 Å². The first-order valence-corrected chi connectivity index (χ1v) is 8.64. The fraction of sp³-hybridized carbons (Fsp3) is 0.684. The Balaban J connectivity index is 3.93. The Bertz CT molecular complexity index is 248. The average molecular weight is 310 g/mol. The van der Waals surface area contributed by atoms with Crippen LogP contribution in [-0.4, -0.2) is 26.3 Å². The van der Waals surface area contributed by atoms with Crippen LogP contribution in [0.4, 0.5) is 0 Å². The zero-order chi connectivity index (χ0) is 16.3. The second kappa shape index (κ2) is 18.1. The highest BCUT2D eigenvalue weighted by molar-refractivity contribution is 4.81. The van der Waals surface area contributed by atoms with Crippen LogP contribution in [0.25, 0.3) is 0 Å². The predicted molar refractivity (Wildman–Crippen MR) is 93.8 cm³/mol. The molecule has 0 amide bonds. The Morgan fingerprint density at radius 1 is 0.545 bits per heavy atom. The van der Waals surface area contributed by atoms with Gasteiger partial charge in [0.15, 0.2) is 0 Å². The van der Waals surface area contributed by atoms with E-state index in [2.05, 4.69) is 57.2 Å².